The summed E-state index contributed by atoms with van der Waals surface area (Å²) in [4.78, 5) is 1.38. The SMILES string of the molecule is CCCCCCCCc1ccc2sc(-c3ccc4c(c3)sc3c5ccccc5sc43)cc2c1. The summed E-state index contributed by atoms with van der Waals surface area (Å²) in [5.41, 5.74) is 2.84. The Hall–Kier alpha value is -2.20. The van der Waals surface area contributed by atoms with Crippen LogP contribution in [0.2, 0.25) is 0 Å². The molecular formula is C30H28S3. The first-order valence-corrected chi connectivity index (χ1v) is 14.6. The highest BCUT2D eigenvalue weighted by molar-refractivity contribution is 7.36. The van der Waals surface area contributed by atoms with Gasteiger partial charge in [0.15, 0.2) is 0 Å². The van der Waals surface area contributed by atoms with Crippen molar-refractivity contribution in [3.8, 4) is 10.4 Å². The fraction of sp³-hybridized carbons (Fsp3) is 0.267. The summed E-state index contributed by atoms with van der Waals surface area (Å²) in [5.74, 6) is 0. The average Bonchev–Trinajstić information content (AvgIpc) is 3.52. The lowest BCUT2D eigenvalue weighted by Crippen LogP contribution is -1.85. The van der Waals surface area contributed by atoms with Gasteiger partial charge >= 0.3 is 0 Å². The highest BCUT2D eigenvalue weighted by atomic mass is 32.1. The van der Waals surface area contributed by atoms with Crippen LogP contribution in [-0.2, 0) is 6.42 Å². The molecule has 3 heterocycles. The van der Waals surface area contributed by atoms with Gasteiger partial charge in [0.2, 0.25) is 0 Å². The zero-order valence-corrected chi connectivity index (χ0v) is 21.5. The zero-order valence-electron chi connectivity index (χ0n) is 19.0. The molecule has 0 atom stereocenters. The van der Waals surface area contributed by atoms with Gasteiger partial charge in [-0.1, -0.05) is 81.5 Å². The highest BCUT2D eigenvalue weighted by Gasteiger charge is 2.13. The van der Waals surface area contributed by atoms with Crippen LogP contribution in [0.3, 0.4) is 0 Å². The molecule has 6 aromatic rings. The monoisotopic (exact) mass is 484 g/mol. The largest absolute Gasteiger partial charge is 0.135 e. The van der Waals surface area contributed by atoms with E-state index in [1.165, 1.54) is 101 Å². The third-order valence-corrected chi connectivity index (χ3v) is 10.4. The maximum absolute atomic E-state index is 2.42. The molecule has 0 saturated carbocycles. The lowest BCUT2D eigenvalue weighted by Gasteiger charge is -2.02. The van der Waals surface area contributed by atoms with E-state index >= 15 is 0 Å². The van der Waals surface area contributed by atoms with Crippen molar-refractivity contribution in [2.75, 3.05) is 0 Å². The summed E-state index contributed by atoms with van der Waals surface area (Å²) in [7, 11) is 0. The van der Waals surface area contributed by atoms with Gasteiger partial charge in [0.05, 0.1) is 9.40 Å². The van der Waals surface area contributed by atoms with Gasteiger partial charge in [-0.2, -0.15) is 0 Å². The number of hydrogen-bond acceptors (Lipinski definition) is 3. The van der Waals surface area contributed by atoms with Crippen LogP contribution in [0.25, 0.3) is 50.1 Å². The maximum atomic E-state index is 2.42. The number of rotatable bonds is 8. The topological polar surface area (TPSA) is 0 Å². The molecule has 0 aliphatic carbocycles. The lowest BCUT2D eigenvalue weighted by atomic mass is 10.0. The molecule has 6 rings (SSSR count). The fourth-order valence-corrected chi connectivity index (χ4v) is 8.59. The second-order valence-corrected chi connectivity index (χ2v) is 12.3. The number of aryl methyl sites for hydroxylation is 1. The van der Waals surface area contributed by atoms with Crippen LogP contribution in [0.1, 0.15) is 51.0 Å². The summed E-state index contributed by atoms with van der Waals surface area (Å²) < 4.78 is 7.08. The Morgan fingerprint density at radius 2 is 1.39 bits per heavy atom. The van der Waals surface area contributed by atoms with Gasteiger partial charge in [-0.05, 0) is 53.6 Å². The summed E-state index contributed by atoms with van der Waals surface area (Å²) in [6.45, 7) is 2.28. The first kappa shape index (κ1) is 21.3. The van der Waals surface area contributed by atoms with Crippen molar-refractivity contribution in [1.82, 2.24) is 0 Å². The molecule has 0 fully saturated rings. The molecule has 0 spiro atoms. The number of fused-ring (bicyclic) bond motifs is 6. The number of benzene rings is 3. The van der Waals surface area contributed by atoms with E-state index in [0.717, 1.165) is 0 Å². The molecule has 3 aromatic carbocycles. The van der Waals surface area contributed by atoms with E-state index in [1.807, 2.05) is 34.0 Å². The summed E-state index contributed by atoms with van der Waals surface area (Å²) in [6, 6.07) is 25.4. The van der Waals surface area contributed by atoms with Crippen LogP contribution in [0.4, 0.5) is 0 Å². The molecule has 0 saturated heterocycles. The molecule has 0 N–H and O–H groups in total. The van der Waals surface area contributed by atoms with Crippen LogP contribution in [0.15, 0.2) is 66.7 Å². The Morgan fingerprint density at radius 3 is 2.30 bits per heavy atom. The van der Waals surface area contributed by atoms with E-state index in [-0.39, 0.29) is 0 Å². The minimum atomic E-state index is 1.21. The third kappa shape index (κ3) is 4.12. The predicted octanol–water partition coefficient (Wildman–Crippen LogP) is 11.1. The van der Waals surface area contributed by atoms with Gasteiger partial charge in [-0.25, -0.2) is 0 Å². The summed E-state index contributed by atoms with van der Waals surface area (Å²) in [6.07, 6.45) is 9.37. The number of hydrogen-bond donors (Lipinski definition) is 0. The van der Waals surface area contributed by atoms with Crippen molar-refractivity contribution in [3.05, 3.63) is 72.3 Å². The first-order valence-electron chi connectivity index (χ1n) is 12.2. The van der Waals surface area contributed by atoms with Gasteiger partial charge in [-0.3, -0.25) is 0 Å². The second kappa shape index (κ2) is 9.21. The molecule has 0 nitrogen and oxygen atoms in total. The van der Waals surface area contributed by atoms with Gasteiger partial charge in [0, 0.05) is 29.7 Å². The molecule has 0 aliphatic heterocycles. The highest BCUT2D eigenvalue weighted by Crippen LogP contribution is 2.45. The van der Waals surface area contributed by atoms with E-state index in [2.05, 4.69) is 73.7 Å². The van der Waals surface area contributed by atoms with Crippen molar-refractivity contribution in [1.29, 1.82) is 0 Å². The quantitative estimate of drug-likeness (QED) is 0.188. The first-order chi connectivity index (χ1) is 16.3. The molecule has 0 amide bonds. The van der Waals surface area contributed by atoms with Crippen LogP contribution in [-0.4, -0.2) is 0 Å². The Bertz CT molecular complexity index is 1560. The van der Waals surface area contributed by atoms with Crippen molar-refractivity contribution in [3.63, 3.8) is 0 Å². The smallest absolute Gasteiger partial charge is 0.0542 e. The summed E-state index contributed by atoms with van der Waals surface area (Å²) in [5, 5.41) is 4.21. The second-order valence-electron chi connectivity index (χ2n) is 9.07. The number of unbranched alkanes of at least 4 members (excludes halogenated alkanes) is 5. The van der Waals surface area contributed by atoms with Crippen LogP contribution in [0.5, 0.6) is 0 Å². The molecule has 166 valence electrons. The Balaban J connectivity index is 1.26. The van der Waals surface area contributed by atoms with E-state index in [1.54, 1.807) is 0 Å². The molecule has 3 aromatic heterocycles. The molecule has 0 bridgehead atoms. The van der Waals surface area contributed by atoms with Crippen molar-refractivity contribution < 1.29 is 0 Å². The number of thiophene rings is 3. The molecule has 0 radical (unpaired) electrons. The van der Waals surface area contributed by atoms with Gasteiger partial charge in [0.25, 0.3) is 0 Å². The fourth-order valence-electron chi connectivity index (χ4n) is 4.86. The molecule has 33 heavy (non-hydrogen) atoms. The zero-order chi connectivity index (χ0) is 22.2. The van der Waals surface area contributed by atoms with Crippen molar-refractivity contribution in [2.24, 2.45) is 0 Å². The van der Waals surface area contributed by atoms with E-state index < -0.39 is 0 Å². The van der Waals surface area contributed by atoms with Gasteiger partial charge < -0.3 is 0 Å². The predicted molar refractivity (Wildman–Crippen MR) is 153 cm³/mol. The van der Waals surface area contributed by atoms with Gasteiger partial charge in [-0.15, -0.1) is 34.0 Å². The van der Waals surface area contributed by atoms with Crippen LogP contribution in [0, 0.1) is 0 Å². The lowest BCUT2D eigenvalue weighted by molar-refractivity contribution is 0.607. The third-order valence-electron chi connectivity index (χ3n) is 6.67. The molecule has 0 unspecified atom stereocenters. The average molecular weight is 485 g/mol. The minimum absolute atomic E-state index is 1.21. The summed E-state index contributed by atoms with van der Waals surface area (Å²) >= 11 is 5.80. The van der Waals surface area contributed by atoms with Crippen LogP contribution < -0.4 is 0 Å². The Labute approximate surface area is 207 Å². The maximum Gasteiger partial charge on any atom is 0.0542 e. The molecular weight excluding hydrogens is 457 g/mol. The van der Waals surface area contributed by atoms with Crippen molar-refractivity contribution >= 4 is 73.7 Å². The normalized spacial score (nSPS) is 12.0. The van der Waals surface area contributed by atoms with Crippen LogP contribution >= 0.6 is 34.0 Å². The Kier molecular flexibility index (Phi) is 5.96. The standard InChI is InChI=1S/C30H28S3/c1-2-3-4-5-6-7-10-20-13-16-25-22(17-20)19-27(31-25)21-14-15-24-28(18-21)33-29-23-11-8-9-12-26(23)32-30(24)29/h8-9,11-19H,2-7,10H2,1H3. The van der Waals surface area contributed by atoms with E-state index in [4.69, 9.17) is 0 Å². The molecule has 0 aliphatic rings. The van der Waals surface area contributed by atoms with Gasteiger partial charge in [0.1, 0.15) is 0 Å². The Morgan fingerprint density at radius 1 is 0.606 bits per heavy atom. The molecule has 3 heteroatoms. The minimum Gasteiger partial charge on any atom is -0.135 e. The van der Waals surface area contributed by atoms with E-state index in [9.17, 15) is 0 Å². The van der Waals surface area contributed by atoms with E-state index in [0.29, 0.717) is 0 Å². The van der Waals surface area contributed by atoms with Crippen molar-refractivity contribution in [2.45, 2.75) is 51.9 Å².